The van der Waals surface area contributed by atoms with E-state index in [0.717, 1.165) is 13.0 Å². The quantitative estimate of drug-likeness (QED) is 0.398. The maximum atomic E-state index is 10.8. The van der Waals surface area contributed by atoms with E-state index in [1.54, 1.807) is 0 Å². The van der Waals surface area contributed by atoms with Crippen molar-refractivity contribution in [1.82, 2.24) is 0 Å². The fourth-order valence-corrected chi connectivity index (χ4v) is 0.900. The highest BCUT2D eigenvalue weighted by atomic mass is 79.9. The van der Waals surface area contributed by atoms with Crippen LogP contribution in [-0.2, 0) is 14.3 Å². The SMILES string of the molecule is O=C(CCC1CO1)OCCBr. The van der Waals surface area contributed by atoms with Crippen LogP contribution < -0.4 is 0 Å². The number of esters is 1. The van der Waals surface area contributed by atoms with Crippen molar-refractivity contribution in [3.63, 3.8) is 0 Å². The van der Waals surface area contributed by atoms with E-state index in [1.807, 2.05) is 0 Å². The van der Waals surface area contributed by atoms with E-state index in [4.69, 9.17) is 9.47 Å². The molecule has 4 heteroatoms. The van der Waals surface area contributed by atoms with Gasteiger partial charge in [-0.1, -0.05) is 15.9 Å². The van der Waals surface area contributed by atoms with Crippen molar-refractivity contribution in [1.29, 1.82) is 0 Å². The molecule has 64 valence electrons. The van der Waals surface area contributed by atoms with Crippen molar-refractivity contribution >= 4 is 21.9 Å². The predicted octanol–water partition coefficient (Wildman–Crippen LogP) is 1.10. The third kappa shape index (κ3) is 4.37. The molecule has 1 saturated heterocycles. The molecule has 0 aromatic carbocycles. The van der Waals surface area contributed by atoms with Gasteiger partial charge in [0, 0.05) is 11.8 Å². The summed E-state index contributed by atoms with van der Waals surface area (Å²) in [6.07, 6.45) is 1.62. The number of alkyl halides is 1. The van der Waals surface area contributed by atoms with Crippen molar-refractivity contribution < 1.29 is 14.3 Å². The smallest absolute Gasteiger partial charge is 0.305 e. The molecule has 1 rings (SSSR count). The van der Waals surface area contributed by atoms with E-state index in [2.05, 4.69) is 15.9 Å². The molecule has 3 nitrogen and oxygen atoms in total. The van der Waals surface area contributed by atoms with Crippen LogP contribution in [0.25, 0.3) is 0 Å². The highest BCUT2D eigenvalue weighted by Gasteiger charge is 2.23. The highest BCUT2D eigenvalue weighted by Crippen LogP contribution is 2.15. The summed E-state index contributed by atoms with van der Waals surface area (Å²) < 4.78 is 9.77. The molecule has 0 aromatic rings. The molecule has 0 spiro atoms. The van der Waals surface area contributed by atoms with Gasteiger partial charge in [-0.2, -0.15) is 0 Å². The summed E-state index contributed by atoms with van der Waals surface area (Å²) in [7, 11) is 0. The molecule has 0 radical (unpaired) electrons. The Kier molecular flexibility index (Phi) is 3.86. The molecule has 11 heavy (non-hydrogen) atoms. The number of hydrogen-bond donors (Lipinski definition) is 0. The van der Waals surface area contributed by atoms with Crippen molar-refractivity contribution in [2.75, 3.05) is 18.5 Å². The average molecular weight is 223 g/mol. The predicted molar refractivity (Wildman–Crippen MR) is 43.7 cm³/mol. The summed E-state index contributed by atoms with van der Waals surface area (Å²) in [5.41, 5.74) is 0. The summed E-state index contributed by atoms with van der Waals surface area (Å²) in [4.78, 5) is 10.8. The Balaban J connectivity index is 1.91. The maximum Gasteiger partial charge on any atom is 0.305 e. The lowest BCUT2D eigenvalue weighted by Gasteiger charge is -1.99. The molecular formula is C7H11BrO3. The second-order valence-electron chi connectivity index (χ2n) is 2.40. The summed E-state index contributed by atoms with van der Waals surface area (Å²) in [5, 5.41) is 0.707. The van der Waals surface area contributed by atoms with Crippen LogP contribution >= 0.6 is 15.9 Å². The van der Waals surface area contributed by atoms with E-state index < -0.39 is 0 Å². The summed E-state index contributed by atoms with van der Waals surface area (Å²) >= 11 is 3.17. The van der Waals surface area contributed by atoms with Gasteiger partial charge in [-0.3, -0.25) is 4.79 Å². The van der Waals surface area contributed by atoms with Gasteiger partial charge in [0.1, 0.15) is 6.61 Å². The summed E-state index contributed by atoms with van der Waals surface area (Å²) in [5.74, 6) is -0.125. The van der Waals surface area contributed by atoms with Crippen molar-refractivity contribution in [2.45, 2.75) is 18.9 Å². The molecule has 1 heterocycles. The molecule has 0 aromatic heterocycles. The fourth-order valence-electron chi connectivity index (χ4n) is 0.738. The third-order valence-corrected chi connectivity index (χ3v) is 1.74. The van der Waals surface area contributed by atoms with Crippen LogP contribution in [0.15, 0.2) is 0 Å². The van der Waals surface area contributed by atoms with Gasteiger partial charge in [-0.15, -0.1) is 0 Å². The zero-order valence-corrected chi connectivity index (χ0v) is 7.80. The first-order chi connectivity index (χ1) is 5.33. The zero-order valence-electron chi connectivity index (χ0n) is 6.22. The number of halogens is 1. The first-order valence-electron chi connectivity index (χ1n) is 3.66. The largest absolute Gasteiger partial charge is 0.465 e. The van der Waals surface area contributed by atoms with E-state index in [9.17, 15) is 4.79 Å². The highest BCUT2D eigenvalue weighted by molar-refractivity contribution is 9.09. The molecule has 0 N–H and O–H groups in total. The topological polar surface area (TPSA) is 38.8 Å². The lowest BCUT2D eigenvalue weighted by molar-refractivity contribution is -0.143. The Morgan fingerprint density at radius 3 is 3.00 bits per heavy atom. The number of carbonyl (C=O) groups is 1. The Bertz CT molecular complexity index is 134. The van der Waals surface area contributed by atoms with Crippen LogP contribution in [0.1, 0.15) is 12.8 Å². The first kappa shape index (κ1) is 9.00. The fraction of sp³-hybridized carbons (Fsp3) is 0.857. The van der Waals surface area contributed by atoms with Crippen LogP contribution in [-0.4, -0.2) is 30.6 Å². The lowest BCUT2D eigenvalue weighted by atomic mass is 10.2. The molecule has 1 aliphatic heterocycles. The van der Waals surface area contributed by atoms with Crippen molar-refractivity contribution in [3.8, 4) is 0 Å². The standard InChI is InChI=1S/C7H11BrO3/c8-3-4-10-7(9)2-1-6-5-11-6/h6H,1-5H2. The molecule has 1 aliphatic rings. The average Bonchev–Trinajstić information content (AvgIpc) is 2.80. The van der Waals surface area contributed by atoms with Crippen LogP contribution in [0, 0.1) is 0 Å². The Hall–Kier alpha value is -0.0900. The minimum absolute atomic E-state index is 0.125. The number of ether oxygens (including phenoxy) is 2. The minimum Gasteiger partial charge on any atom is -0.465 e. The number of rotatable bonds is 5. The van der Waals surface area contributed by atoms with Gasteiger partial charge in [0.2, 0.25) is 0 Å². The van der Waals surface area contributed by atoms with Crippen LogP contribution in [0.2, 0.25) is 0 Å². The second-order valence-corrected chi connectivity index (χ2v) is 3.20. The first-order valence-corrected chi connectivity index (χ1v) is 4.78. The third-order valence-electron chi connectivity index (χ3n) is 1.41. The number of epoxide rings is 1. The monoisotopic (exact) mass is 222 g/mol. The van der Waals surface area contributed by atoms with Gasteiger partial charge >= 0.3 is 5.97 Å². The maximum absolute atomic E-state index is 10.8. The van der Waals surface area contributed by atoms with Gasteiger partial charge in [-0.25, -0.2) is 0 Å². The van der Waals surface area contributed by atoms with E-state index >= 15 is 0 Å². The van der Waals surface area contributed by atoms with Crippen LogP contribution in [0.5, 0.6) is 0 Å². The molecule has 0 bridgehead atoms. The summed E-state index contributed by atoms with van der Waals surface area (Å²) in [6.45, 7) is 1.27. The molecular weight excluding hydrogens is 212 g/mol. The van der Waals surface area contributed by atoms with Gasteiger partial charge in [0.15, 0.2) is 0 Å². The van der Waals surface area contributed by atoms with Gasteiger partial charge in [0.05, 0.1) is 12.7 Å². The Morgan fingerprint density at radius 1 is 1.73 bits per heavy atom. The summed E-state index contributed by atoms with van der Waals surface area (Å²) in [6, 6.07) is 0. The van der Waals surface area contributed by atoms with E-state index in [0.29, 0.717) is 24.5 Å². The van der Waals surface area contributed by atoms with Gasteiger partial charge < -0.3 is 9.47 Å². The molecule has 0 aliphatic carbocycles. The molecule has 1 atom stereocenters. The van der Waals surface area contributed by atoms with Crippen LogP contribution in [0.4, 0.5) is 0 Å². The zero-order chi connectivity index (χ0) is 8.10. The second kappa shape index (κ2) is 4.72. The van der Waals surface area contributed by atoms with Crippen molar-refractivity contribution in [3.05, 3.63) is 0 Å². The molecule has 0 amide bonds. The Morgan fingerprint density at radius 2 is 2.45 bits per heavy atom. The molecule has 0 saturated carbocycles. The minimum atomic E-state index is -0.125. The number of carbonyl (C=O) groups excluding carboxylic acids is 1. The normalized spacial score (nSPS) is 21.4. The lowest BCUT2D eigenvalue weighted by Crippen LogP contribution is -2.07. The van der Waals surface area contributed by atoms with Crippen LogP contribution in [0.3, 0.4) is 0 Å². The Labute approximate surface area is 74.2 Å². The van der Waals surface area contributed by atoms with Gasteiger partial charge in [-0.05, 0) is 6.42 Å². The van der Waals surface area contributed by atoms with E-state index in [-0.39, 0.29) is 5.97 Å². The van der Waals surface area contributed by atoms with Crippen molar-refractivity contribution in [2.24, 2.45) is 0 Å². The van der Waals surface area contributed by atoms with Gasteiger partial charge in [0.25, 0.3) is 0 Å². The van der Waals surface area contributed by atoms with E-state index in [1.165, 1.54) is 0 Å². The molecule has 1 fully saturated rings. The molecule has 1 unspecified atom stereocenters. The number of hydrogen-bond acceptors (Lipinski definition) is 3.